The Labute approximate surface area is 198 Å². The fourth-order valence-corrected chi connectivity index (χ4v) is 4.29. The second-order valence-electron chi connectivity index (χ2n) is 7.45. The number of hydrogen-bond donors (Lipinski definition) is 2. The van der Waals surface area contributed by atoms with Gasteiger partial charge in [-0.15, -0.1) is 0 Å². The molecule has 2 aromatic carbocycles. The summed E-state index contributed by atoms with van der Waals surface area (Å²) in [6, 6.07) is 16.0. The molecule has 0 aliphatic carbocycles. The molecule has 8 nitrogen and oxygen atoms in total. The first-order valence-corrected chi connectivity index (χ1v) is 12.6. The Kier molecular flexibility index (Phi) is 7.92. The maximum Gasteiger partial charge on any atom is 0.238 e. The number of primary sulfonamides is 1. The first kappa shape index (κ1) is 24.5. The summed E-state index contributed by atoms with van der Waals surface area (Å²) in [5.41, 5.74) is 2.63. The molecule has 3 aromatic rings. The summed E-state index contributed by atoms with van der Waals surface area (Å²) in [7, 11) is -2.12. The van der Waals surface area contributed by atoms with Crippen LogP contribution >= 0.6 is 11.8 Å². The van der Waals surface area contributed by atoms with Gasteiger partial charge in [0.2, 0.25) is 10.0 Å². The highest BCUT2D eigenvalue weighted by molar-refractivity contribution is 7.99. The van der Waals surface area contributed by atoms with Crippen LogP contribution in [0.2, 0.25) is 0 Å². The smallest absolute Gasteiger partial charge is 0.238 e. The number of methoxy groups -OCH3 is 1. The van der Waals surface area contributed by atoms with Gasteiger partial charge < -0.3 is 10.1 Å². The zero-order valence-electron chi connectivity index (χ0n) is 18.6. The molecule has 3 rings (SSSR count). The highest BCUT2D eigenvalue weighted by atomic mass is 32.2. The molecule has 0 amide bonds. The largest absolute Gasteiger partial charge is 0.497 e. The van der Waals surface area contributed by atoms with Crippen molar-refractivity contribution >= 4 is 27.6 Å². The van der Waals surface area contributed by atoms with Gasteiger partial charge in [0.05, 0.1) is 17.7 Å². The number of nitrogens with one attached hydrogen (secondary N) is 1. The third kappa shape index (κ3) is 6.44. The van der Waals surface area contributed by atoms with E-state index in [2.05, 4.69) is 35.2 Å². The van der Waals surface area contributed by atoms with Crippen molar-refractivity contribution < 1.29 is 13.2 Å². The monoisotopic (exact) mass is 483 g/mol. The minimum atomic E-state index is -3.72. The van der Waals surface area contributed by atoms with E-state index >= 15 is 0 Å². The normalized spacial score (nSPS) is 11.3. The molecule has 0 spiro atoms. The van der Waals surface area contributed by atoms with Crippen LogP contribution < -0.4 is 15.2 Å². The number of nitrogens with two attached hydrogens (primary N) is 1. The van der Waals surface area contributed by atoms with Crippen LogP contribution in [0.4, 0.5) is 5.82 Å². The van der Waals surface area contributed by atoms with Gasteiger partial charge in [-0.1, -0.05) is 37.7 Å². The summed E-state index contributed by atoms with van der Waals surface area (Å²) in [4.78, 5) is 9.30. The van der Waals surface area contributed by atoms with Crippen molar-refractivity contribution in [3.63, 3.8) is 0 Å². The molecule has 10 heteroatoms. The molecule has 0 fully saturated rings. The first-order chi connectivity index (χ1) is 15.7. The molecule has 172 valence electrons. The van der Waals surface area contributed by atoms with Crippen molar-refractivity contribution in [3.05, 3.63) is 59.7 Å². The standard InChI is InChI=1S/C23H25N5O3S2/c1-15(2)32-23-27-21(17-6-8-18(31-3)9-7-17)20(14-24)22(28-23)26-13-12-16-4-10-19(11-5-16)33(25,29)30/h4-11,15H,12-13H2,1-3H3,(H2,25,29,30)(H,26,27,28). The van der Waals surface area contributed by atoms with Crippen LogP contribution in [0.15, 0.2) is 58.6 Å². The molecular weight excluding hydrogens is 458 g/mol. The Morgan fingerprint density at radius 3 is 2.33 bits per heavy atom. The Morgan fingerprint density at radius 2 is 1.79 bits per heavy atom. The number of hydrogen-bond acceptors (Lipinski definition) is 8. The molecule has 0 atom stereocenters. The molecular formula is C23H25N5O3S2. The zero-order valence-corrected chi connectivity index (χ0v) is 20.2. The van der Waals surface area contributed by atoms with Gasteiger partial charge in [-0.3, -0.25) is 0 Å². The molecule has 0 radical (unpaired) electrons. The van der Waals surface area contributed by atoms with E-state index in [-0.39, 0.29) is 10.1 Å². The van der Waals surface area contributed by atoms with Crippen LogP contribution in [0.1, 0.15) is 25.0 Å². The second kappa shape index (κ2) is 10.7. The Bertz CT molecular complexity index is 1250. The SMILES string of the molecule is COc1ccc(-c2nc(SC(C)C)nc(NCCc3ccc(S(N)(=O)=O)cc3)c2C#N)cc1. The summed E-state index contributed by atoms with van der Waals surface area (Å²) in [6.07, 6.45) is 0.601. The fraction of sp³-hybridized carbons (Fsp3) is 0.261. The van der Waals surface area contributed by atoms with E-state index in [1.165, 1.54) is 23.9 Å². The van der Waals surface area contributed by atoms with Crippen molar-refractivity contribution in [1.29, 1.82) is 5.26 Å². The lowest BCUT2D eigenvalue weighted by Gasteiger charge is -2.14. The molecule has 0 saturated heterocycles. The Balaban J connectivity index is 1.87. The van der Waals surface area contributed by atoms with Gasteiger partial charge in [0, 0.05) is 17.4 Å². The molecule has 0 saturated carbocycles. The van der Waals surface area contributed by atoms with E-state index in [4.69, 9.17) is 9.88 Å². The van der Waals surface area contributed by atoms with Crippen LogP contribution in [0.5, 0.6) is 5.75 Å². The molecule has 0 bridgehead atoms. The first-order valence-electron chi connectivity index (χ1n) is 10.2. The lowest BCUT2D eigenvalue weighted by Crippen LogP contribution is -2.12. The molecule has 0 aliphatic heterocycles. The molecule has 33 heavy (non-hydrogen) atoms. The van der Waals surface area contributed by atoms with Crippen LogP contribution in [-0.2, 0) is 16.4 Å². The third-order valence-electron chi connectivity index (χ3n) is 4.66. The topological polar surface area (TPSA) is 131 Å². The summed E-state index contributed by atoms with van der Waals surface area (Å²) in [6.45, 7) is 4.60. The molecule has 3 N–H and O–H groups in total. The molecule has 0 aliphatic rings. The Morgan fingerprint density at radius 1 is 1.12 bits per heavy atom. The number of sulfonamides is 1. The van der Waals surface area contributed by atoms with E-state index in [1.807, 2.05) is 24.3 Å². The van der Waals surface area contributed by atoms with E-state index in [0.717, 1.165) is 16.9 Å². The minimum absolute atomic E-state index is 0.0706. The maximum atomic E-state index is 11.4. The van der Waals surface area contributed by atoms with Gasteiger partial charge in [-0.05, 0) is 48.4 Å². The highest BCUT2D eigenvalue weighted by Gasteiger charge is 2.17. The zero-order chi connectivity index (χ0) is 24.0. The predicted octanol–water partition coefficient (Wildman–Crippen LogP) is 3.83. The number of rotatable bonds is 9. The van der Waals surface area contributed by atoms with Gasteiger partial charge >= 0.3 is 0 Å². The predicted molar refractivity (Wildman–Crippen MR) is 130 cm³/mol. The Hall–Kier alpha value is -3.13. The van der Waals surface area contributed by atoms with Crippen molar-refractivity contribution in [2.24, 2.45) is 5.14 Å². The van der Waals surface area contributed by atoms with Crippen LogP contribution in [0.3, 0.4) is 0 Å². The number of ether oxygens (including phenoxy) is 1. The number of benzene rings is 2. The average Bonchev–Trinajstić information content (AvgIpc) is 2.78. The summed E-state index contributed by atoms with van der Waals surface area (Å²) in [5, 5.41) is 19.1. The number of nitrogens with zero attached hydrogens (tertiary/aromatic N) is 3. The van der Waals surface area contributed by atoms with E-state index in [1.54, 1.807) is 19.2 Å². The average molecular weight is 484 g/mol. The van der Waals surface area contributed by atoms with Gasteiger partial charge in [0.15, 0.2) is 5.16 Å². The van der Waals surface area contributed by atoms with E-state index < -0.39 is 10.0 Å². The minimum Gasteiger partial charge on any atom is -0.497 e. The number of nitriles is 1. The summed E-state index contributed by atoms with van der Waals surface area (Å²) < 4.78 is 28.1. The van der Waals surface area contributed by atoms with Crippen LogP contribution in [-0.4, -0.2) is 37.3 Å². The van der Waals surface area contributed by atoms with Crippen molar-refractivity contribution in [2.75, 3.05) is 19.0 Å². The van der Waals surface area contributed by atoms with Crippen LogP contribution in [0, 0.1) is 11.3 Å². The van der Waals surface area contributed by atoms with Crippen molar-refractivity contribution in [1.82, 2.24) is 9.97 Å². The molecule has 1 heterocycles. The van der Waals surface area contributed by atoms with Crippen molar-refractivity contribution in [3.8, 4) is 23.1 Å². The quantitative estimate of drug-likeness (QED) is 0.347. The maximum absolute atomic E-state index is 11.4. The van der Waals surface area contributed by atoms with Crippen molar-refractivity contribution in [2.45, 2.75) is 35.6 Å². The number of thioether (sulfide) groups is 1. The second-order valence-corrected chi connectivity index (χ2v) is 10.6. The van der Waals surface area contributed by atoms with Gasteiger partial charge in [0.1, 0.15) is 23.2 Å². The van der Waals surface area contributed by atoms with E-state index in [0.29, 0.717) is 35.2 Å². The van der Waals surface area contributed by atoms with Crippen LogP contribution in [0.25, 0.3) is 11.3 Å². The van der Waals surface area contributed by atoms with Gasteiger partial charge in [-0.2, -0.15) is 5.26 Å². The lowest BCUT2D eigenvalue weighted by molar-refractivity contribution is 0.415. The lowest BCUT2D eigenvalue weighted by atomic mass is 10.1. The highest BCUT2D eigenvalue weighted by Crippen LogP contribution is 2.31. The van der Waals surface area contributed by atoms with Gasteiger partial charge in [-0.25, -0.2) is 23.5 Å². The number of anilines is 1. The fourth-order valence-electron chi connectivity index (χ4n) is 3.07. The third-order valence-corrected chi connectivity index (χ3v) is 6.46. The van der Waals surface area contributed by atoms with E-state index in [9.17, 15) is 13.7 Å². The van der Waals surface area contributed by atoms with Gasteiger partial charge in [0.25, 0.3) is 0 Å². The molecule has 1 aromatic heterocycles. The molecule has 0 unspecified atom stereocenters. The summed E-state index contributed by atoms with van der Waals surface area (Å²) >= 11 is 1.52. The summed E-state index contributed by atoms with van der Waals surface area (Å²) in [5.74, 6) is 1.18. The number of aromatic nitrogens is 2.